The van der Waals surface area contributed by atoms with Crippen LogP contribution in [0.1, 0.15) is 32.1 Å². The Morgan fingerprint density at radius 2 is 1.75 bits per heavy atom. The summed E-state index contributed by atoms with van der Waals surface area (Å²) in [6.07, 6.45) is 5.05. The number of anilines is 2. The quantitative estimate of drug-likeness (QED) is 0.867. The molecule has 9 heteroatoms. The van der Waals surface area contributed by atoms with E-state index in [1.807, 2.05) is 4.90 Å². The van der Waals surface area contributed by atoms with E-state index in [0.717, 1.165) is 51.1 Å². The highest BCUT2D eigenvalue weighted by Gasteiger charge is 2.22. The molecule has 2 aliphatic heterocycles. The van der Waals surface area contributed by atoms with Crippen LogP contribution in [-0.4, -0.2) is 63.8 Å². The summed E-state index contributed by atoms with van der Waals surface area (Å²) in [6.45, 7) is 4.08. The number of nitrogens with one attached hydrogen (secondary N) is 1. The van der Waals surface area contributed by atoms with Gasteiger partial charge in [0.15, 0.2) is 11.6 Å². The monoisotopic (exact) mass is 331 g/mol. The zero-order valence-corrected chi connectivity index (χ0v) is 13.6. The third-order valence-electron chi connectivity index (χ3n) is 4.60. The number of aromatic nitrogens is 4. The largest absolute Gasteiger partial charge is 0.365 e. The van der Waals surface area contributed by atoms with Crippen LogP contribution in [0.15, 0.2) is 4.63 Å². The number of hydrogen-bond donors (Lipinski definition) is 1. The number of carbonyl (C=O) groups excluding carboxylic acids is 1. The zero-order chi connectivity index (χ0) is 16.4. The third-order valence-corrected chi connectivity index (χ3v) is 4.60. The van der Waals surface area contributed by atoms with Crippen molar-refractivity contribution in [1.29, 1.82) is 0 Å². The van der Waals surface area contributed by atoms with E-state index in [0.29, 0.717) is 36.6 Å². The van der Waals surface area contributed by atoms with E-state index < -0.39 is 0 Å². The molecular formula is C15H21N7O2. The minimum atomic E-state index is 0.241. The molecule has 0 atom stereocenters. The molecule has 0 unspecified atom stereocenters. The predicted octanol–water partition coefficient (Wildman–Crippen LogP) is 1.04. The highest BCUT2D eigenvalue weighted by Crippen LogP contribution is 2.26. The Morgan fingerprint density at radius 1 is 1.00 bits per heavy atom. The van der Waals surface area contributed by atoms with Crippen molar-refractivity contribution < 1.29 is 9.42 Å². The van der Waals surface area contributed by atoms with Crippen LogP contribution in [0.3, 0.4) is 0 Å². The molecule has 0 radical (unpaired) electrons. The van der Waals surface area contributed by atoms with Gasteiger partial charge >= 0.3 is 0 Å². The van der Waals surface area contributed by atoms with Crippen LogP contribution < -0.4 is 10.2 Å². The number of amides is 1. The molecule has 4 heterocycles. The molecule has 24 heavy (non-hydrogen) atoms. The van der Waals surface area contributed by atoms with Gasteiger partial charge in [0.25, 0.3) is 0 Å². The second-order valence-corrected chi connectivity index (χ2v) is 6.27. The minimum Gasteiger partial charge on any atom is -0.365 e. The van der Waals surface area contributed by atoms with Gasteiger partial charge in [0.2, 0.25) is 17.2 Å². The van der Waals surface area contributed by atoms with Gasteiger partial charge in [-0.05, 0) is 36.0 Å². The highest BCUT2D eigenvalue weighted by molar-refractivity contribution is 5.77. The van der Waals surface area contributed by atoms with Crippen LogP contribution in [0, 0.1) is 0 Å². The molecular weight excluding hydrogens is 310 g/mol. The minimum absolute atomic E-state index is 0.241. The van der Waals surface area contributed by atoms with Crippen molar-refractivity contribution in [1.82, 2.24) is 25.2 Å². The molecule has 0 bridgehead atoms. The lowest BCUT2D eigenvalue weighted by atomic mass is 10.1. The average Bonchev–Trinajstić information content (AvgIpc) is 3.26. The molecule has 1 N–H and O–H groups in total. The van der Waals surface area contributed by atoms with Gasteiger partial charge in [-0.25, -0.2) is 14.6 Å². The van der Waals surface area contributed by atoms with E-state index in [1.54, 1.807) is 0 Å². The Balaban J connectivity index is 1.49. The van der Waals surface area contributed by atoms with E-state index in [4.69, 9.17) is 4.63 Å². The summed E-state index contributed by atoms with van der Waals surface area (Å²) in [5.74, 6) is 1.72. The molecule has 2 fully saturated rings. The lowest BCUT2D eigenvalue weighted by Gasteiger charge is -2.27. The lowest BCUT2D eigenvalue weighted by molar-refractivity contribution is -0.133. The topological polar surface area (TPSA) is 100 Å². The first-order valence-corrected chi connectivity index (χ1v) is 8.58. The maximum absolute atomic E-state index is 11.9. The van der Waals surface area contributed by atoms with E-state index in [1.165, 1.54) is 0 Å². The summed E-state index contributed by atoms with van der Waals surface area (Å²) >= 11 is 0. The van der Waals surface area contributed by atoms with Crippen molar-refractivity contribution in [3.8, 4) is 0 Å². The molecule has 0 spiro atoms. The molecule has 128 valence electrons. The van der Waals surface area contributed by atoms with Crippen LogP contribution >= 0.6 is 0 Å². The fraction of sp³-hybridized carbons (Fsp3) is 0.667. The van der Waals surface area contributed by atoms with Crippen molar-refractivity contribution in [2.75, 3.05) is 42.9 Å². The van der Waals surface area contributed by atoms with E-state index in [-0.39, 0.29) is 5.91 Å². The number of nitrogens with zero attached hydrogens (tertiary/aromatic N) is 6. The van der Waals surface area contributed by atoms with Gasteiger partial charge in [-0.3, -0.25) is 4.79 Å². The third kappa shape index (κ3) is 2.98. The molecule has 2 aromatic rings. The fourth-order valence-electron chi connectivity index (χ4n) is 3.30. The molecule has 4 rings (SSSR count). The van der Waals surface area contributed by atoms with Crippen LogP contribution in [-0.2, 0) is 4.79 Å². The number of piperidine rings is 1. The van der Waals surface area contributed by atoms with Crippen molar-refractivity contribution >= 4 is 28.8 Å². The molecule has 0 aromatic carbocycles. The van der Waals surface area contributed by atoms with E-state index in [9.17, 15) is 4.79 Å². The Bertz CT molecular complexity index is 726. The zero-order valence-electron chi connectivity index (χ0n) is 13.6. The second kappa shape index (κ2) is 6.58. The number of fused-ring (bicyclic) bond motifs is 1. The van der Waals surface area contributed by atoms with Gasteiger partial charge in [-0.2, -0.15) is 0 Å². The molecule has 2 aliphatic rings. The number of hydrogen-bond acceptors (Lipinski definition) is 8. The first-order chi connectivity index (χ1) is 11.8. The maximum atomic E-state index is 11.9. The van der Waals surface area contributed by atoms with Gasteiger partial charge in [0.05, 0.1) is 0 Å². The number of carbonyl (C=O) groups is 1. The molecule has 9 nitrogen and oxygen atoms in total. The van der Waals surface area contributed by atoms with Crippen LogP contribution in [0.5, 0.6) is 0 Å². The summed E-state index contributed by atoms with van der Waals surface area (Å²) in [4.78, 5) is 25.0. The van der Waals surface area contributed by atoms with E-state index in [2.05, 4.69) is 30.5 Å². The molecule has 0 saturated carbocycles. The SMILES string of the molecule is O=C1CCCCN1CCNc1nc2nonc2nc1N1CCCC1. The summed E-state index contributed by atoms with van der Waals surface area (Å²) in [5.41, 5.74) is 0.822. The summed E-state index contributed by atoms with van der Waals surface area (Å²) < 4.78 is 4.73. The van der Waals surface area contributed by atoms with Crippen LogP contribution in [0.2, 0.25) is 0 Å². The predicted molar refractivity (Wildman–Crippen MR) is 87.8 cm³/mol. The van der Waals surface area contributed by atoms with Gasteiger partial charge < -0.3 is 15.1 Å². The average molecular weight is 331 g/mol. The Kier molecular flexibility index (Phi) is 4.14. The van der Waals surface area contributed by atoms with Gasteiger partial charge in [0.1, 0.15) is 0 Å². The Hall–Kier alpha value is -2.45. The highest BCUT2D eigenvalue weighted by atomic mass is 16.6. The van der Waals surface area contributed by atoms with Crippen molar-refractivity contribution in [3.63, 3.8) is 0 Å². The van der Waals surface area contributed by atoms with Gasteiger partial charge in [-0.1, -0.05) is 0 Å². The van der Waals surface area contributed by atoms with Crippen LogP contribution in [0.25, 0.3) is 11.3 Å². The lowest BCUT2D eigenvalue weighted by Crippen LogP contribution is -2.38. The standard InChI is InChI=1S/C15H21N7O2/c23-11-5-1-2-7-21(11)10-6-16-14-15(22-8-3-4-9-22)18-13-12(17-14)19-24-20-13/h1-10H2,(H,16,17,19). The molecule has 0 aliphatic carbocycles. The summed E-state index contributed by atoms with van der Waals surface area (Å²) in [7, 11) is 0. The van der Waals surface area contributed by atoms with Crippen LogP contribution in [0.4, 0.5) is 11.6 Å². The normalized spacial score (nSPS) is 18.6. The smallest absolute Gasteiger partial charge is 0.245 e. The van der Waals surface area contributed by atoms with E-state index >= 15 is 0 Å². The molecule has 2 aromatic heterocycles. The Labute approximate surface area is 139 Å². The first kappa shape index (κ1) is 15.1. The van der Waals surface area contributed by atoms with Crippen molar-refractivity contribution in [3.05, 3.63) is 0 Å². The molecule has 2 saturated heterocycles. The fourth-order valence-corrected chi connectivity index (χ4v) is 3.30. The maximum Gasteiger partial charge on any atom is 0.245 e. The van der Waals surface area contributed by atoms with Gasteiger partial charge in [0, 0.05) is 39.1 Å². The number of likely N-dealkylation sites (tertiary alicyclic amines) is 1. The summed E-state index contributed by atoms with van der Waals surface area (Å²) in [5, 5.41) is 10.9. The van der Waals surface area contributed by atoms with Gasteiger partial charge in [-0.15, -0.1) is 0 Å². The van der Waals surface area contributed by atoms with Crippen molar-refractivity contribution in [2.45, 2.75) is 32.1 Å². The molecule has 1 amide bonds. The summed E-state index contributed by atoms with van der Waals surface area (Å²) in [6, 6.07) is 0. The second-order valence-electron chi connectivity index (χ2n) is 6.27. The Morgan fingerprint density at radius 3 is 2.54 bits per heavy atom. The number of rotatable bonds is 5. The first-order valence-electron chi connectivity index (χ1n) is 8.58. The van der Waals surface area contributed by atoms with Crippen molar-refractivity contribution in [2.24, 2.45) is 0 Å².